The third-order valence-corrected chi connectivity index (χ3v) is 4.23. The standard InChI is InChI=1S/C21H33N5O2.HI/c1-15-8-6-9-17-16(14-26-18(15)17)10-13-24-19(22-5)23-11-7-12-25-20(27)28-21(2,3)4;/h6,8-9,14,26H,7,10-13H2,1-5H3,(H,25,27)(H2,22,23,24);1H. The highest BCUT2D eigenvalue weighted by Gasteiger charge is 2.15. The number of carbonyl (C=O) groups excluding carboxylic acids is 1. The van der Waals surface area contributed by atoms with E-state index < -0.39 is 5.60 Å². The summed E-state index contributed by atoms with van der Waals surface area (Å²) in [4.78, 5) is 19.2. The summed E-state index contributed by atoms with van der Waals surface area (Å²) in [5, 5.41) is 10.6. The van der Waals surface area contributed by atoms with Gasteiger partial charge >= 0.3 is 6.09 Å². The first-order valence-corrected chi connectivity index (χ1v) is 9.77. The predicted molar refractivity (Wildman–Crippen MR) is 130 cm³/mol. The molecule has 2 aromatic rings. The molecule has 162 valence electrons. The molecule has 0 aliphatic carbocycles. The Bertz CT molecular complexity index is 811. The summed E-state index contributed by atoms with van der Waals surface area (Å²) >= 11 is 0. The van der Waals surface area contributed by atoms with Gasteiger partial charge in [-0.2, -0.15) is 0 Å². The number of aromatic amines is 1. The van der Waals surface area contributed by atoms with Crippen LogP contribution in [-0.4, -0.2) is 49.3 Å². The van der Waals surface area contributed by atoms with E-state index >= 15 is 0 Å². The molecule has 0 atom stereocenters. The van der Waals surface area contributed by atoms with Gasteiger partial charge in [0.25, 0.3) is 0 Å². The Morgan fingerprint density at radius 2 is 1.83 bits per heavy atom. The molecule has 0 saturated heterocycles. The van der Waals surface area contributed by atoms with E-state index in [0.717, 1.165) is 25.3 Å². The summed E-state index contributed by atoms with van der Waals surface area (Å²) in [7, 11) is 1.75. The zero-order chi connectivity index (χ0) is 20.6. The van der Waals surface area contributed by atoms with Gasteiger partial charge in [-0.25, -0.2) is 4.79 Å². The second kappa shape index (κ2) is 11.9. The first kappa shape index (κ1) is 25.1. The van der Waals surface area contributed by atoms with Gasteiger partial charge in [0.1, 0.15) is 5.60 Å². The van der Waals surface area contributed by atoms with E-state index in [1.165, 1.54) is 22.0 Å². The Balaban J connectivity index is 0.00000420. The fraction of sp³-hybridized carbons (Fsp3) is 0.524. The molecular formula is C21H34IN5O2. The molecule has 0 saturated carbocycles. The lowest BCUT2D eigenvalue weighted by Gasteiger charge is -2.19. The molecule has 0 bridgehead atoms. The molecule has 29 heavy (non-hydrogen) atoms. The van der Waals surface area contributed by atoms with Crippen LogP contribution in [0.25, 0.3) is 10.9 Å². The number of nitrogens with zero attached hydrogens (tertiary/aromatic N) is 1. The summed E-state index contributed by atoms with van der Waals surface area (Å²) in [6.45, 7) is 9.71. The smallest absolute Gasteiger partial charge is 0.407 e. The van der Waals surface area contributed by atoms with Gasteiger partial charge in [0.05, 0.1) is 0 Å². The number of guanidine groups is 1. The minimum absolute atomic E-state index is 0. The summed E-state index contributed by atoms with van der Waals surface area (Å²) < 4.78 is 5.20. The van der Waals surface area contributed by atoms with Crippen LogP contribution >= 0.6 is 24.0 Å². The summed E-state index contributed by atoms with van der Waals surface area (Å²) in [6, 6.07) is 6.36. The lowest BCUT2D eigenvalue weighted by atomic mass is 10.1. The Kier molecular flexibility index (Phi) is 10.3. The number of aryl methyl sites for hydroxylation is 1. The predicted octanol–water partition coefficient (Wildman–Crippen LogP) is 3.72. The number of para-hydroxylation sites is 1. The highest BCUT2D eigenvalue weighted by atomic mass is 127. The van der Waals surface area contributed by atoms with Crippen molar-refractivity contribution >= 4 is 46.9 Å². The molecular weight excluding hydrogens is 481 g/mol. The lowest BCUT2D eigenvalue weighted by Crippen LogP contribution is -2.40. The highest BCUT2D eigenvalue weighted by Crippen LogP contribution is 2.21. The van der Waals surface area contributed by atoms with Gasteiger partial charge < -0.3 is 25.7 Å². The van der Waals surface area contributed by atoms with E-state index in [4.69, 9.17) is 4.74 Å². The van der Waals surface area contributed by atoms with Gasteiger partial charge in [-0.15, -0.1) is 24.0 Å². The maximum absolute atomic E-state index is 11.6. The summed E-state index contributed by atoms with van der Waals surface area (Å²) in [6.07, 6.45) is 3.38. The number of ether oxygens (including phenoxy) is 1. The normalized spacial score (nSPS) is 11.7. The van der Waals surface area contributed by atoms with E-state index in [9.17, 15) is 4.79 Å². The zero-order valence-electron chi connectivity index (χ0n) is 18.0. The van der Waals surface area contributed by atoms with Gasteiger partial charge in [-0.3, -0.25) is 4.99 Å². The van der Waals surface area contributed by atoms with Crippen LogP contribution in [0.1, 0.15) is 38.3 Å². The fourth-order valence-corrected chi connectivity index (χ4v) is 2.91. The molecule has 4 N–H and O–H groups in total. The Hall–Kier alpha value is -1.97. The first-order chi connectivity index (χ1) is 13.3. The molecule has 0 fully saturated rings. The number of H-pyrrole nitrogens is 1. The van der Waals surface area contributed by atoms with E-state index in [-0.39, 0.29) is 30.1 Å². The Morgan fingerprint density at radius 1 is 1.14 bits per heavy atom. The number of aliphatic imine (C=N–C) groups is 1. The number of hydrogen-bond donors (Lipinski definition) is 4. The van der Waals surface area contributed by atoms with Crippen molar-refractivity contribution in [3.8, 4) is 0 Å². The Labute approximate surface area is 190 Å². The molecule has 0 aliphatic heterocycles. The third kappa shape index (κ3) is 8.51. The number of fused-ring (bicyclic) bond motifs is 1. The largest absolute Gasteiger partial charge is 0.444 e. The maximum Gasteiger partial charge on any atom is 0.407 e. The van der Waals surface area contributed by atoms with Gasteiger partial charge in [0.2, 0.25) is 0 Å². The average Bonchev–Trinajstić information content (AvgIpc) is 3.03. The van der Waals surface area contributed by atoms with Crippen LogP contribution in [0.2, 0.25) is 0 Å². The molecule has 0 aliphatic rings. The van der Waals surface area contributed by atoms with Crippen molar-refractivity contribution in [3.05, 3.63) is 35.5 Å². The number of benzene rings is 1. The molecule has 1 aromatic heterocycles. The monoisotopic (exact) mass is 515 g/mol. The van der Waals surface area contributed by atoms with E-state index in [0.29, 0.717) is 13.1 Å². The number of nitrogens with one attached hydrogen (secondary N) is 4. The van der Waals surface area contributed by atoms with Gasteiger partial charge in [0.15, 0.2) is 5.96 Å². The van der Waals surface area contributed by atoms with Crippen molar-refractivity contribution in [2.75, 3.05) is 26.7 Å². The van der Waals surface area contributed by atoms with Crippen molar-refractivity contribution in [2.24, 2.45) is 4.99 Å². The number of amides is 1. The van der Waals surface area contributed by atoms with Gasteiger partial charge in [0, 0.05) is 43.8 Å². The molecule has 0 radical (unpaired) electrons. The van der Waals surface area contributed by atoms with E-state index in [1.54, 1.807) is 7.05 Å². The number of rotatable bonds is 7. The molecule has 1 aromatic carbocycles. The summed E-state index contributed by atoms with van der Waals surface area (Å²) in [5.74, 6) is 0.758. The van der Waals surface area contributed by atoms with Crippen LogP contribution in [0.15, 0.2) is 29.4 Å². The Morgan fingerprint density at radius 3 is 2.52 bits per heavy atom. The number of alkyl carbamates (subject to hydrolysis) is 1. The summed E-state index contributed by atoms with van der Waals surface area (Å²) in [5.41, 5.74) is 3.28. The van der Waals surface area contributed by atoms with Gasteiger partial charge in [-0.1, -0.05) is 18.2 Å². The maximum atomic E-state index is 11.6. The van der Waals surface area contributed by atoms with Crippen molar-refractivity contribution in [1.82, 2.24) is 20.9 Å². The number of aromatic nitrogens is 1. The van der Waals surface area contributed by atoms with Crippen molar-refractivity contribution in [1.29, 1.82) is 0 Å². The van der Waals surface area contributed by atoms with Crippen LogP contribution in [0.5, 0.6) is 0 Å². The minimum atomic E-state index is -0.474. The molecule has 2 rings (SSSR count). The van der Waals surface area contributed by atoms with Crippen LogP contribution in [0.4, 0.5) is 4.79 Å². The van der Waals surface area contributed by atoms with Crippen molar-refractivity contribution in [2.45, 2.75) is 46.1 Å². The third-order valence-electron chi connectivity index (χ3n) is 4.23. The van der Waals surface area contributed by atoms with Crippen molar-refractivity contribution < 1.29 is 9.53 Å². The minimum Gasteiger partial charge on any atom is -0.444 e. The molecule has 1 heterocycles. The quantitative estimate of drug-likeness (QED) is 0.196. The van der Waals surface area contributed by atoms with E-state index in [2.05, 4.69) is 57.2 Å². The second-order valence-corrected chi connectivity index (χ2v) is 7.77. The highest BCUT2D eigenvalue weighted by molar-refractivity contribution is 14.0. The first-order valence-electron chi connectivity index (χ1n) is 9.77. The van der Waals surface area contributed by atoms with Crippen LogP contribution in [-0.2, 0) is 11.2 Å². The molecule has 7 nitrogen and oxygen atoms in total. The number of halogens is 1. The fourth-order valence-electron chi connectivity index (χ4n) is 2.91. The van der Waals surface area contributed by atoms with E-state index in [1.807, 2.05) is 20.8 Å². The zero-order valence-corrected chi connectivity index (χ0v) is 20.3. The molecule has 0 spiro atoms. The average molecular weight is 515 g/mol. The van der Waals surface area contributed by atoms with Crippen LogP contribution in [0, 0.1) is 6.92 Å². The second-order valence-electron chi connectivity index (χ2n) is 7.77. The molecule has 0 unspecified atom stereocenters. The molecule has 1 amide bonds. The van der Waals surface area contributed by atoms with Crippen molar-refractivity contribution in [3.63, 3.8) is 0 Å². The van der Waals surface area contributed by atoms with Gasteiger partial charge in [-0.05, 0) is 51.7 Å². The molecule has 8 heteroatoms. The number of hydrogen-bond acceptors (Lipinski definition) is 3. The number of carbonyl (C=O) groups is 1. The van der Waals surface area contributed by atoms with Crippen LogP contribution < -0.4 is 16.0 Å². The SMILES string of the molecule is CN=C(NCCCNC(=O)OC(C)(C)C)NCCc1c[nH]c2c(C)cccc12.I. The lowest BCUT2D eigenvalue weighted by molar-refractivity contribution is 0.0527. The topological polar surface area (TPSA) is 90.5 Å². The van der Waals surface area contributed by atoms with Crippen LogP contribution in [0.3, 0.4) is 0 Å².